The van der Waals surface area contributed by atoms with Crippen LogP contribution in [-0.4, -0.2) is 36.1 Å². The molecular formula is C20H16BrClFN5O2S. The zero-order valence-electron chi connectivity index (χ0n) is 15.9. The predicted molar refractivity (Wildman–Crippen MR) is 121 cm³/mol. The summed E-state index contributed by atoms with van der Waals surface area (Å²) in [6, 6.07) is 14.0. The number of nitrogens with one attached hydrogen (secondary N) is 2. The van der Waals surface area contributed by atoms with Gasteiger partial charge in [0.05, 0.1) is 21.3 Å². The van der Waals surface area contributed by atoms with Gasteiger partial charge >= 0.3 is 0 Å². The molecule has 160 valence electrons. The van der Waals surface area contributed by atoms with Crippen LogP contribution in [-0.2, 0) is 10.0 Å². The largest absolute Gasteiger partial charge is 0.369 e. The highest BCUT2D eigenvalue weighted by molar-refractivity contribution is 9.10. The van der Waals surface area contributed by atoms with E-state index in [4.69, 9.17) is 11.6 Å². The molecule has 0 aliphatic carbocycles. The van der Waals surface area contributed by atoms with E-state index in [9.17, 15) is 12.8 Å². The van der Waals surface area contributed by atoms with Crippen LogP contribution in [0.5, 0.6) is 0 Å². The number of hydrogen-bond donors (Lipinski definition) is 2. The number of anilines is 1. The lowest BCUT2D eigenvalue weighted by Gasteiger charge is -2.12. The molecule has 11 heteroatoms. The number of hydrogen-bond acceptors (Lipinski definition) is 5. The SMILES string of the molecule is O=S(=O)(NCCNc1cc(-c2ccccc2Cl)nc2c(Br)cnn12)c1cccc(F)c1. The molecule has 2 aromatic carbocycles. The molecule has 2 aromatic heterocycles. The summed E-state index contributed by atoms with van der Waals surface area (Å²) < 4.78 is 42.8. The van der Waals surface area contributed by atoms with Crippen molar-refractivity contribution >= 4 is 49.0 Å². The van der Waals surface area contributed by atoms with Gasteiger partial charge < -0.3 is 5.32 Å². The van der Waals surface area contributed by atoms with Crippen LogP contribution in [0.3, 0.4) is 0 Å². The average molecular weight is 525 g/mol. The summed E-state index contributed by atoms with van der Waals surface area (Å²) in [5, 5.41) is 8.01. The number of fused-ring (bicyclic) bond motifs is 1. The molecule has 0 atom stereocenters. The molecule has 0 amide bonds. The van der Waals surface area contributed by atoms with Crippen LogP contribution in [0, 0.1) is 5.82 Å². The Morgan fingerprint density at radius 2 is 1.90 bits per heavy atom. The monoisotopic (exact) mass is 523 g/mol. The van der Waals surface area contributed by atoms with Gasteiger partial charge in [-0.25, -0.2) is 22.5 Å². The molecule has 7 nitrogen and oxygen atoms in total. The first-order valence-corrected chi connectivity index (χ1v) is 11.8. The second-order valence-corrected chi connectivity index (χ2v) is 9.54. The second-order valence-electron chi connectivity index (χ2n) is 6.52. The van der Waals surface area contributed by atoms with Gasteiger partial charge in [-0.15, -0.1) is 0 Å². The van der Waals surface area contributed by atoms with Gasteiger partial charge in [0, 0.05) is 29.7 Å². The van der Waals surface area contributed by atoms with E-state index in [0.29, 0.717) is 26.7 Å². The summed E-state index contributed by atoms with van der Waals surface area (Å²) in [7, 11) is -3.82. The first kappa shape index (κ1) is 21.7. The van der Waals surface area contributed by atoms with Crippen LogP contribution < -0.4 is 10.0 Å². The van der Waals surface area contributed by atoms with Crippen molar-refractivity contribution < 1.29 is 12.8 Å². The standard InChI is InChI=1S/C20H16BrClFN5O2S/c21-16-12-25-28-19(11-18(27-20(16)28)15-6-1-2-7-17(15)22)24-8-9-26-31(29,30)14-5-3-4-13(23)10-14/h1-7,10-12,24,26H,8-9H2. The van der Waals surface area contributed by atoms with Gasteiger partial charge in [0.15, 0.2) is 5.65 Å². The number of sulfonamides is 1. The van der Waals surface area contributed by atoms with Crippen LogP contribution in [0.1, 0.15) is 0 Å². The van der Waals surface area contributed by atoms with Gasteiger partial charge in [0.25, 0.3) is 0 Å². The summed E-state index contributed by atoms with van der Waals surface area (Å²) in [5.41, 5.74) is 1.98. The fourth-order valence-corrected chi connectivity index (χ4v) is 4.61. The number of benzene rings is 2. The van der Waals surface area contributed by atoms with Crippen LogP contribution >= 0.6 is 27.5 Å². The molecule has 0 unspecified atom stereocenters. The molecule has 0 fully saturated rings. The maximum absolute atomic E-state index is 13.3. The molecule has 2 N–H and O–H groups in total. The van der Waals surface area contributed by atoms with Gasteiger partial charge in [-0.05, 0) is 40.2 Å². The Morgan fingerprint density at radius 1 is 1.10 bits per heavy atom. The number of rotatable bonds is 7. The third-order valence-corrected chi connectivity index (χ3v) is 6.76. The molecule has 0 aliphatic rings. The van der Waals surface area contributed by atoms with Crippen molar-refractivity contribution in [1.29, 1.82) is 0 Å². The fraction of sp³-hybridized carbons (Fsp3) is 0.100. The van der Waals surface area contributed by atoms with E-state index in [1.54, 1.807) is 22.8 Å². The van der Waals surface area contributed by atoms with E-state index in [1.165, 1.54) is 18.2 Å². The van der Waals surface area contributed by atoms with Crippen molar-refractivity contribution in [2.24, 2.45) is 0 Å². The number of halogens is 3. The minimum atomic E-state index is -3.82. The Labute approximate surface area is 191 Å². The van der Waals surface area contributed by atoms with E-state index in [-0.39, 0.29) is 18.0 Å². The Kier molecular flexibility index (Phi) is 6.24. The third kappa shape index (κ3) is 4.72. The fourth-order valence-electron chi connectivity index (χ4n) is 2.96. The van der Waals surface area contributed by atoms with Gasteiger partial charge in [-0.1, -0.05) is 35.9 Å². The third-order valence-electron chi connectivity index (χ3n) is 4.41. The van der Waals surface area contributed by atoms with Crippen LogP contribution in [0.4, 0.5) is 10.2 Å². The first-order chi connectivity index (χ1) is 14.8. The number of nitrogens with zero attached hydrogens (tertiary/aromatic N) is 3. The van der Waals surface area contributed by atoms with Crippen molar-refractivity contribution in [3.05, 3.63) is 76.1 Å². The maximum atomic E-state index is 13.3. The van der Waals surface area contributed by atoms with E-state index in [2.05, 4.69) is 36.1 Å². The predicted octanol–water partition coefficient (Wildman–Crippen LogP) is 4.34. The molecule has 0 aliphatic heterocycles. The molecule has 2 heterocycles. The molecule has 0 saturated carbocycles. The van der Waals surface area contributed by atoms with Crippen molar-refractivity contribution in [1.82, 2.24) is 19.3 Å². The quantitative estimate of drug-likeness (QED) is 0.351. The van der Waals surface area contributed by atoms with Crippen LogP contribution in [0.25, 0.3) is 16.9 Å². The summed E-state index contributed by atoms with van der Waals surface area (Å²) in [5.74, 6) is -0.00730. The summed E-state index contributed by atoms with van der Waals surface area (Å²) in [6.07, 6.45) is 1.62. The topological polar surface area (TPSA) is 88.4 Å². The highest BCUT2D eigenvalue weighted by Crippen LogP contribution is 2.30. The Bertz CT molecular complexity index is 1360. The smallest absolute Gasteiger partial charge is 0.240 e. The first-order valence-electron chi connectivity index (χ1n) is 9.13. The summed E-state index contributed by atoms with van der Waals surface area (Å²) in [6.45, 7) is 0.333. The minimum Gasteiger partial charge on any atom is -0.369 e. The lowest BCUT2D eigenvalue weighted by atomic mass is 10.1. The molecule has 0 spiro atoms. The lowest BCUT2D eigenvalue weighted by Crippen LogP contribution is -2.29. The van der Waals surface area contributed by atoms with E-state index < -0.39 is 15.8 Å². The minimum absolute atomic E-state index is 0.0759. The Morgan fingerprint density at radius 3 is 2.68 bits per heavy atom. The van der Waals surface area contributed by atoms with E-state index >= 15 is 0 Å². The van der Waals surface area contributed by atoms with E-state index in [0.717, 1.165) is 11.6 Å². The number of aromatic nitrogens is 3. The molecule has 0 bridgehead atoms. The molecule has 0 radical (unpaired) electrons. The normalized spacial score (nSPS) is 11.7. The van der Waals surface area contributed by atoms with Gasteiger partial charge in [-0.3, -0.25) is 0 Å². The maximum Gasteiger partial charge on any atom is 0.240 e. The highest BCUT2D eigenvalue weighted by Gasteiger charge is 2.15. The van der Waals surface area contributed by atoms with Gasteiger partial charge in [-0.2, -0.15) is 9.61 Å². The van der Waals surface area contributed by atoms with Crippen molar-refractivity contribution in [3.63, 3.8) is 0 Å². The molecule has 0 saturated heterocycles. The van der Waals surface area contributed by atoms with Gasteiger partial charge in [0.2, 0.25) is 10.0 Å². The van der Waals surface area contributed by atoms with Crippen molar-refractivity contribution in [2.75, 3.05) is 18.4 Å². The highest BCUT2D eigenvalue weighted by atomic mass is 79.9. The molecular weight excluding hydrogens is 509 g/mol. The van der Waals surface area contributed by atoms with E-state index in [1.807, 2.05) is 18.2 Å². The lowest BCUT2D eigenvalue weighted by molar-refractivity contribution is 0.579. The zero-order valence-corrected chi connectivity index (χ0v) is 19.0. The van der Waals surface area contributed by atoms with Crippen molar-refractivity contribution in [2.45, 2.75) is 4.90 Å². The summed E-state index contributed by atoms with van der Waals surface area (Å²) in [4.78, 5) is 4.50. The Hall–Kier alpha value is -2.53. The van der Waals surface area contributed by atoms with Crippen LogP contribution in [0.15, 0.2) is 70.2 Å². The molecule has 31 heavy (non-hydrogen) atoms. The molecule has 4 rings (SSSR count). The zero-order chi connectivity index (χ0) is 22.0. The second kappa shape index (κ2) is 8.91. The Balaban J connectivity index is 1.54. The van der Waals surface area contributed by atoms with Crippen molar-refractivity contribution in [3.8, 4) is 11.3 Å². The van der Waals surface area contributed by atoms with Crippen LogP contribution in [0.2, 0.25) is 5.02 Å². The summed E-state index contributed by atoms with van der Waals surface area (Å²) >= 11 is 9.76. The molecule has 4 aromatic rings. The van der Waals surface area contributed by atoms with Gasteiger partial charge in [0.1, 0.15) is 11.6 Å². The average Bonchev–Trinajstić information content (AvgIpc) is 3.12.